The molecule has 0 aliphatic rings. The monoisotopic (exact) mass is 566 g/mol. The smallest absolute Gasteiger partial charge is 0.146 e. The van der Waals surface area contributed by atoms with Crippen molar-refractivity contribution in [3.8, 4) is 22.3 Å². The molecule has 3 heterocycles. The van der Waals surface area contributed by atoms with Crippen LogP contribution in [-0.2, 0) is 0 Å². The number of benzene rings is 7. The summed E-state index contributed by atoms with van der Waals surface area (Å²) in [4.78, 5) is 0. The summed E-state index contributed by atoms with van der Waals surface area (Å²) in [5.41, 5.74) is 7.62. The van der Waals surface area contributed by atoms with Crippen LogP contribution < -0.4 is 0 Å². The number of furan rings is 2. The van der Waals surface area contributed by atoms with Crippen molar-refractivity contribution in [3.63, 3.8) is 0 Å². The van der Waals surface area contributed by atoms with Gasteiger partial charge in [0.1, 0.15) is 16.7 Å². The molecule has 0 saturated carbocycles. The van der Waals surface area contributed by atoms with Crippen molar-refractivity contribution in [2.75, 3.05) is 0 Å². The van der Waals surface area contributed by atoms with Crippen molar-refractivity contribution in [2.24, 2.45) is 0 Å². The summed E-state index contributed by atoms with van der Waals surface area (Å²) in [7, 11) is 0. The van der Waals surface area contributed by atoms with Gasteiger partial charge >= 0.3 is 0 Å². The fourth-order valence-corrected chi connectivity index (χ4v) is 8.33. The molecule has 2 nitrogen and oxygen atoms in total. The molecule has 0 unspecified atom stereocenters. The van der Waals surface area contributed by atoms with Crippen molar-refractivity contribution in [2.45, 2.75) is 0 Å². The van der Waals surface area contributed by atoms with Crippen LogP contribution >= 0.6 is 11.3 Å². The topological polar surface area (TPSA) is 26.3 Å². The first-order valence-corrected chi connectivity index (χ1v) is 15.3. The molecule has 0 aliphatic heterocycles. The van der Waals surface area contributed by atoms with Crippen LogP contribution in [0.3, 0.4) is 0 Å². The molecule has 0 bridgehead atoms. The largest absolute Gasteiger partial charge is 0.464 e. The Morgan fingerprint density at radius 1 is 0.442 bits per heavy atom. The molecule has 0 amide bonds. The summed E-state index contributed by atoms with van der Waals surface area (Å²) in [6, 6.07) is 46.0. The molecule has 3 heteroatoms. The minimum atomic E-state index is 0.841. The molecule has 0 saturated heterocycles. The lowest BCUT2D eigenvalue weighted by Gasteiger charge is -2.18. The molecule has 0 atom stereocenters. The Bertz CT molecular complexity index is 2680. The molecule has 0 spiro atoms. The summed E-state index contributed by atoms with van der Waals surface area (Å²) in [6.45, 7) is 0. The van der Waals surface area contributed by atoms with E-state index >= 15 is 0 Å². The van der Waals surface area contributed by atoms with Crippen LogP contribution in [0.2, 0.25) is 0 Å². The lowest BCUT2D eigenvalue weighted by Crippen LogP contribution is -1.91. The van der Waals surface area contributed by atoms with Gasteiger partial charge in [0.2, 0.25) is 0 Å². The minimum Gasteiger partial charge on any atom is -0.464 e. The van der Waals surface area contributed by atoms with E-state index in [9.17, 15) is 0 Å². The van der Waals surface area contributed by atoms with Crippen LogP contribution in [0.5, 0.6) is 0 Å². The first-order valence-electron chi connectivity index (χ1n) is 14.5. The quantitative estimate of drug-likeness (QED) is 0.195. The highest BCUT2D eigenvalue weighted by Crippen LogP contribution is 2.48. The minimum absolute atomic E-state index is 0.841. The van der Waals surface area contributed by atoms with Crippen LogP contribution in [0, 0.1) is 0 Å². The Balaban J connectivity index is 1.31. The number of hydrogen-bond donors (Lipinski definition) is 0. The van der Waals surface area contributed by atoms with Gasteiger partial charge in [-0.3, -0.25) is 0 Å². The zero-order chi connectivity index (χ0) is 28.1. The van der Waals surface area contributed by atoms with Gasteiger partial charge in [0.25, 0.3) is 0 Å². The second-order valence-corrected chi connectivity index (χ2v) is 12.3. The molecule has 0 aliphatic carbocycles. The zero-order valence-electron chi connectivity index (χ0n) is 22.9. The van der Waals surface area contributed by atoms with Crippen molar-refractivity contribution in [1.82, 2.24) is 0 Å². The normalized spacial score (nSPS) is 12.2. The Morgan fingerprint density at radius 3 is 1.91 bits per heavy atom. The highest BCUT2D eigenvalue weighted by atomic mass is 32.1. The third-order valence-electron chi connectivity index (χ3n) is 8.96. The summed E-state index contributed by atoms with van der Waals surface area (Å²) < 4.78 is 14.7. The third kappa shape index (κ3) is 3.17. The van der Waals surface area contributed by atoms with E-state index in [1.54, 1.807) is 6.26 Å². The van der Waals surface area contributed by atoms with Gasteiger partial charge in [0.15, 0.2) is 0 Å². The fourth-order valence-electron chi connectivity index (χ4n) is 7.11. The van der Waals surface area contributed by atoms with E-state index in [2.05, 4.69) is 115 Å². The Hall–Kier alpha value is -5.38. The number of rotatable bonds is 2. The molecular weight excluding hydrogens is 545 g/mol. The van der Waals surface area contributed by atoms with Gasteiger partial charge in [-0.1, -0.05) is 91.0 Å². The Labute approximate surface area is 250 Å². The van der Waals surface area contributed by atoms with E-state index in [0.717, 1.165) is 32.9 Å². The van der Waals surface area contributed by atoms with Gasteiger partial charge in [-0.05, 0) is 74.6 Å². The molecule has 43 heavy (non-hydrogen) atoms. The third-order valence-corrected chi connectivity index (χ3v) is 10.2. The molecule has 0 fully saturated rings. The molecule has 10 rings (SSSR count). The molecular formula is C40H22O2S. The van der Waals surface area contributed by atoms with E-state index in [4.69, 9.17) is 8.83 Å². The van der Waals surface area contributed by atoms with Crippen LogP contribution in [0.4, 0.5) is 0 Å². The van der Waals surface area contributed by atoms with Gasteiger partial charge in [-0.15, -0.1) is 11.3 Å². The molecule has 3 aromatic heterocycles. The van der Waals surface area contributed by atoms with Crippen LogP contribution in [0.15, 0.2) is 142 Å². The van der Waals surface area contributed by atoms with E-state index in [0.29, 0.717) is 0 Å². The average molecular weight is 567 g/mol. The predicted molar refractivity (Wildman–Crippen MR) is 182 cm³/mol. The van der Waals surface area contributed by atoms with Gasteiger partial charge in [-0.25, -0.2) is 0 Å². The maximum Gasteiger partial charge on any atom is 0.146 e. The van der Waals surface area contributed by atoms with Gasteiger partial charge in [0.05, 0.1) is 11.6 Å². The highest BCUT2D eigenvalue weighted by molar-refractivity contribution is 7.26. The van der Waals surface area contributed by atoms with Crippen molar-refractivity contribution >= 4 is 86.0 Å². The maximum atomic E-state index is 6.37. The summed E-state index contributed by atoms with van der Waals surface area (Å²) >= 11 is 1.89. The maximum absolute atomic E-state index is 6.37. The van der Waals surface area contributed by atoms with Crippen LogP contribution in [0.1, 0.15) is 0 Å². The summed E-state index contributed by atoms with van der Waals surface area (Å²) in [5, 5.41) is 10.9. The highest BCUT2D eigenvalue weighted by Gasteiger charge is 2.20. The second-order valence-electron chi connectivity index (χ2n) is 11.2. The van der Waals surface area contributed by atoms with Crippen LogP contribution in [-0.4, -0.2) is 0 Å². The van der Waals surface area contributed by atoms with Crippen molar-refractivity contribution < 1.29 is 8.83 Å². The molecule has 0 radical (unpaired) electrons. The predicted octanol–water partition coefficient (Wildman–Crippen LogP) is 12.3. The van der Waals surface area contributed by atoms with E-state index < -0.39 is 0 Å². The zero-order valence-corrected chi connectivity index (χ0v) is 23.7. The SMILES string of the molecule is c1ccc2c(c1)sc1c(-c3c4ccccc4c(-c4ccc5oc6c7ccoc7ccc6c5c4)c4ccccc34)cccc12. The van der Waals surface area contributed by atoms with Crippen molar-refractivity contribution in [3.05, 3.63) is 134 Å². The Morgan fingerprint density at radius 2 is 1.12 bits per heavy atom. The number of thiophene rings is 1. The number of hydrogen-bond acceptors (Lipinski definition) is 3. The lowest BCUT2D eigenvalue weighted by atomic mass is 9.85. The lowest BCUT2D eigenvalue weighted by molar-refractivity contribution is 0.615. The second kappa shape index (κ2) is 8.57. The molecule has 0 N–H and O–H groups in total. The standard InChI is InChI=1S/C40H22O2S/c1-3-11-27-25(9-1)37(23-16-18-35-33(22-23)29-17-19-34-31(20-21-41-34)39(29)42-35)26-10-2-4-12-28(26)38(27)32-14-7-13-30-24-8-5-6-15-36(24)43-40(30)32/h1-22H. The van der Waals surface area contributed by atoms with Crippen molar-refractivity contribution in [1.29, 1.82) is 0 Å². The molecule has 200 valence electrons. The van der Waals surface area contributed by atoms with Gasteiger partial charge in [-0.2, -0.15) is 0 Å². The Kier molecular flexibility index (Phi) is 4.63. The average Bonchev–Trinajstić information content (AvgIpc) is 3.78. The fraction of sp³-hybridized carbons (Fsp3) is 0. The molecule has 10 aromatic rings. The van der Waals surface area contributed by atoms with E-state index in [1.807, 2.05) is 23.5 Å². The van der Waals surface area contributed by atoms with Crippen LogP contribution in [0.25, 0.3) is 96.9 Å². The van der Waals surface area contributed by atoms with E-state index in [1.165, 1.54) is 64.0 Å². The summed E-state index contributed by atoms with van der Waals surface area (Å²) in [6.07, 6.45) is 1.72. The first-order chi connectivity index (χ1) is 21.3. The van der Waals surface area contributed by atoms with Gasteiger partial charge < -0.3 is 8.83 Å². The number of fused-ring (bicyclic) bond motifs is 10. The van der Waals surface area contributed by atoms with E-state index in [-0.39, 0.29) is 0 Å². The van der Waals surface area contributed by atoms with Gasteiger partial charge in [0, 0.05) is 36.5 Å². The summed E-state index contributed by atoms with van der Waals surface area (Å²) in [5.74, 6) is 0. The molecule has 7 aromatic carbocycles. The first kappa shape index (κ1) is 23.2.